The molecule has 0 bridgehead atoms. The lowest BCUT2D eigenvalue weighted by atomic mass is 9.92. The molecule has 2 aliphatic carbocycles. The summed E-state index contributed by atoms with van der Waals surface area (Å²) in [6.45, 7) is 2.17. The summed E-state index contributed by atoms with van der Waals surface area (Å²) in [7, 11) is 2.62. The van der Waals surface area contributed by atoms with Gasteiger partial charge in [-0.3, -0.25) is 9.59 Å². The molecule has 4 aromatic rings. The number of hydrogen-bond donors (Lipinski definition) is 4. The highest BCUT2D eigenvalue weighted by atomic mass is 16.5. The highest BCUT2D eigenvalue weighted by molar-refractivity contribution is 5.88. The molecule has 326 valence electrons. The predicted molar refractivity (Wildman–Crippen MR) is 225 cm³/mol. The van der Waals surface area contributed by atoms with E-state index in [1.807, 2.05) is 22.2 Å². The number of imidazole rings is 2. The number of carbonyl (C=O) groups excluding carboxylic acids is 4. The summed E-state index contributed by atoms with van der Waals surface area (Å²) in [4.78, 5) is 73.6. The molecule has 4 N–H and O–H groups in total. The van der Waals surface area contributed by atoms with Gasteiger partial charge in [0.1, 0.15) is 23.7 Å². The van der Waals surface area contributed by atoms with Crippen molar-refractivity contribution in [2.75, 3.05) is 40.6 Å². The molecule has 10 atom stereocenters. The van der Waals surface area contributed by atoms with Gasteiger partial charge in [-0.15, -0.1) is 0 Å². The normalized spacial score (nSPS) is 28.3. The zero-order valence-corrected chi connectivity index (χ0v) is 35.1. The van der Waals surface area contributed by atoms with E-state index in [0.29, 0.717) is 38.3 Å². The van der Waals surface area contributed by atoms with Gasteiger partial charge in [-0.25, -0.2) is 19.6 Å². The quantitative estimate of drug-likeness (QED) is 0.144. The number of ether oxygens (including phenoxy) is 4. The predicted octanol–water partition coefficient (Wildman–Crippen LogP) is 5.76. The van der Waals surface area contributed by atoms with Crippen LogP contribution in [0.25, 0.3) is 33.6 Å². The van der Waals surface area contributed by atoms with Gasteiger partial charge >= 0.3 is 12.2 Å². The Morgan fingerprint density at radius 3 is 1.40 bits per heavy atom. The molecule has 0 unspecified atom stereocenters. The summed E-state index contributed by atoms with van der Waals surface area (Å²) in [5, 5.41) is 5.65. The van der Waals surface area contributed by atoms with Gasteiger partial charge in [0.05, 0.1) is 63.3 Å². The first-order chi connectivity index (χ1) is 30.3. The maximum atomic E-state index is 14.2. The second-order valence-electron chi connectivity index (χ2n) is 17.8. The number of alkyl carbamates (subject to hydrolysis) is 2. The van der Waals surface area contributed by atoms with Gasteiger partial charge in [0.25, 0.3) is 0 Å². The number of nitrogens with zero attached hydrogens (tertiary/aromatic N) is 4. The summed E-state index contributed by atoms with van der Waals surface area (Å²) in [5.41, 5.74) is 5.83. The number of piperidine rings is 2. The first-order valence-corrected chi connectivity index (χ1v) is 22.1. The van der Waals surface area contributed by atoms with E-state index in [0.717, 1.165) is 96.7 Å². The van der Waals surface area contributed by atoms with Crippen molar-refractivity contribution in [3.05, 3.63) is 72.6 Å². The van der Waals surface area contributed by atoms with Crippen molar-refractivity contribution >= 4 is 24.0 Å². The third kappa shape index (κ3) is 7.82. The standard InChI is InChI=1S/C46H54N8O8/c1-59-45(57)51-39(29-5-3-15-61-23-29)43(55)53-35-17-31(35)19-37(53)41-47-21-33(49-41)27-11-7-25(8-12-27)26-9-13-28(14-10-26)34-22-48-42(50-34)38-20-32-18-36(32)54(38)44(56)40(52-46(58)60-2)30-6-4-16-62-24-30/h7-14,21-22,29-32,35-40H,3-6,15-20,23-24H2,1-2H3,(H,47,49)(H,48,50)(H,51,57)(H,52,58)/t29-,30-,31+,32+,35+,36+,37-,38-,39-,40-/m0/s1. The van der Waals surface area contributed by atoms with Gasteiger partial charge < -0.3 is 49.3 Å². The van der Waals surface area contributed by atoms with E-state index < -0.39 is 24.3 Å². The maximum Gasteiger partial charge on any atom is 0.407 e. The van der Waals surface area contributed by atoms with Crippen LogP contribution in [0.2, 0.25) is 0 Å². The van der Waals surface area contributed by atoms with Crippen molar-refractivity contribution in [3.63, 3.8) is 0 Å². The summed E-state index contributed by atoms with van der Waals surface area (Å²) in [5.74, 6) is 1.91. The average molecular weight is 847 g/mol. The lowest BCUT2D eigenvalue weighted by Gasteiger charge is -2.35. The summed E-state index contributed by atoms with van der Waals surface area (Å²) in [6, 6.07) is 15.1. The first kappa shape index (κ1) is 40.3. The number of H-pyrrole nitrogens is 2. The van der Waals surface area contributed by atoms with Gasteiger partial charge in [-0.1, -0.05) is 48.5 Å². The molecule has 6 fully saturated rings. The Labute approximate surface area is 359 Å². The fourth-order valence-electron chi connectivity index (χ4n) is 10.5. The Morgan fingerprint density at radius 2 is 1.03 bits per heavy atom. The number of hydrogen-bond acceptors (Lipinski definition) is 10. The largest absolute Gasteiger partial charge is 0.453 e. The molecule has 6 aliphatic rings. The number of amides is 4. The van der Waals surface area contributed by atoms with E-state index in [4.69, 9.17) is 28.9 Å². The molecular formula is C46H54N8O8. The molecule has 2 aromatic carbocycles. The number of aromatic nitrogens is 4. The molecule has 10 rings (SSSR count). The summed E-state index contributed by atoms with van der Waals surface area (Å²) < 4.78 is 21.2. The minimum absolute atomic E-state index is 0.101. The van der Waals surface area contributed by atoms with Crippen LogP contribution in [0.3, 0.4) is 0 Å². The highest BCUT2D eigenvalue weighted by Crippen LogP contribution is 2.55. The number of carbonyl (C=O) groups is 4. The molecule has 16 nitrogen and oxygen atoms in total. The average Bonchev–Trinajstić information content (AvgIpc) is 3.90. The molecule has 2 saturated carbocycles. The van der Waals surface area contributed by atoms with Crippen LogP contribution in [0.4, 0.5) is 9.59 Å². The van der Waals surface area contributed by atoms with Gasteiger partial charge in [0.15, 0.2) is 0 Å². The molecule has 6 heterocycles. The zero-order chi connectivity index (χ0) is 42.5. The highest BCUT2D eigenvalue weighted by Gasteiger charge is 2.58. The number of methoxy groups -OCH3 is 2. The summed E-state index contributed by atoms with van der Waals surface area (Å²) >= 11 is 0. The van der Waals surface area contributed by atoms with Gasteiger partial charge in [-0.2, -0.15) is 0 Å². The monoisotopic (exact) mass is 846 g/mol. The minimum Gasteiger partial charge on any atom is -0.453 e. The van der Waals surface area contributed by atoms with Crippen LogP contribution >= 0.6 is 0 Å². The van der Waals surface area contributed by atoms with Crippen LogP contribution in [-0.4, -0.2) is 119 Å². The topological polar surface area (TPSA) is 193 Å². The second kappa shape index (κ2) is 16.9. The Hall–Kier alpha value is -5.74. The van der Waals surface area contributed by atoms with Crippen molar-refractivity contribution < 1.29 is 38.1 Å². The Morgan fingerprint density at radius 1 is 0.629 bits per heavy atom. The molecule has 0 radical (unpaired) electrons. The van der Waals surface area contributed by atoms with Crippen LogP contribution in [0.5, 0.6) is 0 Å². The summed E-state index contributed by atoms with van der Waals surface area (Å²) in [6.07, 6.45) is 9.30. The van der Waals surface area contributed by atoms with Crippen molar-refractivity contribution in [2.45, 2.75) is 87.6 Å². The molecule has 62 heavy (non-hydrogen) atoms. The van der Waals surface area contributed by atoms with E-state index in [9.17, 15) is 19.2 Å². The van der Waals surface area contributed by atoms with Crippen molar-refractivity contribution in [1.82, 2.24) is 40.4 Å². The number of fused-ring (bicyclic) bond motifs is 2. The fraction of sp³-hybridized carbons (Fsp3) is 0.522. The molecule has 4 aliphatic heterocycles. The van der Waals surface area contributed by atoms with Gasteiger partial charge in [0.2, 0.25) is 11.8 Å². The third-order valence-corrected chi connectivity index (χ3v) is 14.0. The van der Waals surface area contributed by atoms with Crippen molar-refractivity contribution in [3.8, 4) is 33.6 Å². The van der Waals surface area contributed by atoms with Crippen LogP contribution < -0.4 is 10.6 Å². The molecule has 4 amide bonds. The number of nitrogens with one attached hydrogen (secondary N) is 4. The van der Waals surface area contributed by atoms with Crippen LogP contribution in [0.15, 0.2) is 60.9 Å². The number of aromatic amines is 2. The number of benzene rings is 2. The van der Waals surface area contributed by atoms with E-state index in [1.165, 1.54) is 14.2 Å². The van der Waals surface area contributed by atoms with E-state index >= 15 is 0 Å². The lowest BCUT2D eigenvalue weighted by molar-refractivity contribution is -0.139. The fourth-order valence-corrected chi connectivity index (χ4v) is 10.5. The van der Waals surface area contributed by atoms with Crippen LogP contribution in [0, 0.1) is 23.7 Å². The Bertz CT molecular complexity index is 2120. The van der Waals surface area contributed by atoms with Gasteiger partial charge in [-0.05, 0) is 85.5 Å². The second-order valence-corrected chi connectivity index (χ2v) is 17.8. The number of likely N-dealkylation sites (tertiary alicyclic amines) is 2. The molecule has 4 saturated heterocycles. The van der Waals surface area contributed by atoms with Gasteiger partial charge in [0, 0.05) is 37.1 Å². The molecule has 0 spiro atoms. The van der Waals surface area contributed by atoms with Crippen LogP contribution in [0.1, 0.15) is 75.1 Å². The smallest absolute Gasteiger partial charge is 0.407 e. The third-order valence-electron chi connectivity index (χ3n) is 14.0. The van der Waals surface area contributed by atoms with E-state index in [1.54, 1.807) is 0 Å². The molecular weight excluding hydrogens is 793 g/mol. The van der Waals surface area contributed by atoms with Crippen molar-refractivity contribution in [2.24, 2.45) is 23.7 Å². The van der Waals surface area contributed by atoms with E-state index in [-0.39, 0.29) is 47.8 Å². The Kier molecular flexibility index (Phi) is 11.0. The Balaban J connectivity index is 0.804. The van der Waals surface area contributed by atoms with E-state index in [2.05, 4.69) is 69.1 Å². The van der Waals surface area contributed by atoms with Crippen LogP contribution in [-0.2, 0) is 28.5 Å². The van der Waals surface area contributed by atoms with Crippen molar-refractivity contribution in [1.29, 1.82) is 0 Å². The maximum absolute atomic E-state index is 14.2. The molecule has 2 aromatic heterocycles. The first-order valence-electron chi connectivity index (χ1n) is 22.1. The minimum atomic E-state index is -0.720. The molecule has 16 heteroatoms. The SMILES string of the molecule is COC(=O)N[C@H](C(=O)N1[C@@H]2C[C@@H]2C[C@H]1c1ncc(-c2ccc(-c3ccc(-c4cnc([C@@H]5C[C@H]6C[C@H]6N5C(=O)[C@@H](NC(=O)OC)[C@H]5CCCOC5)[nH]4)cc3)cc2)[nH]1)[C@H]1CCCOC1. The lowest BCUT2D eigenvalue weighted by Crippen LogP contribution is -2.54. The zero-order valence-electron chi connectivity index (χ0n) is 35.1. The number of rotatable bonds is 11.